The number of aryl methyl sites for hydroxylation is 1. The molecule has 0 radical (unpaired) electrons. The van der Waals surface area contributed by atoms with E-state index in [0.717, 1.165) is 29.7 Å². The van der Waals surface area contributed by atoms with Gasteiger partial charge in [0.05, 0.1) is 10.5 Å². The second kappa shape index (κ2) is 6.56. The molecule has 0 aliphatic rings. The van der Waals surface area contributed by atoms with Gasteiger partial charge in [-0.25, -0.2) is 0 Å². The van der Waals surface area contributed by atoms with Crippen LogP contribution in [-0.2, 0) is 6.54 Å². The summed E-state index contributed by atoms with van der Waals surface area (Å²) in [7, 11) is 0. The summed E-state index contributed by atoms with van der Waals surface area (Å²) in [6, 6.07) is 5.73. The Morgan fingerprint density at radius 3 is 2.74 bits per heavy atom. The maximum Gasteiger partial charge on any atom is 0.0738 e. The van der Waals surface area contributed by atoms with E-state index in [1.807, 2.05) is 13.0 Å². The van der Waals surface area contributed by atoms with Gasteiger partial charge in [0.15, 0.2) is 0 Å². The fourth-order valence-electron chi connectivity index (χ4n) is 2.18. The van der Waals surface area contributed by atoms with Gasteiger partial charge in [0.2, 0.25) is 0 Å². The van der Waals surface area contributed by atoms with Crippen LogP contribution in [0.25, 0.3) is 10.9 Å². The molecule has 0 saturated carbocycles. The van der Waals surface area contributed by atoms with Crippen LogP contribution in [0.4, 0.5) is 0 Å². The summed E-state index contributed by atoms with van der Waals surface area (Å²) >= 11 is 12.3. The highest BCUT2D eigenvalue weighted by atomic mass is 35.5. The van der Waals surface area contributed by atoms with Crippen LogP contribution in [-0.4, -0.2) is 11.5 Å². The summed E-state index contributed by atoms with van der Waals surface area (Å²) in [6.45, 7) is 6.00. The van der Waals surface area contributed by atoms with E-state index < -0.39 is 0 Å². The van der Waals surface area contributed by atoms with Crippen molar-refractivity contribution in [2.24, 2.45) is 0 Å². The summed E-state index contributed by atoms with van der Waals surface area (Å²) in [5, 5.41) is 5.74. The third-order valence-electron chi connectivity index (χ3n) is 3.06. The highest BCUT2D eigenvalue weighted by molar-refractivity contribution is 6.38. The normalized spacial score (nSPS) is 11.2. The van der Waals surface area contributed by atoms with Crippen molar-refractivity contribution in [3.05, 3.63) is 39.5 Å². The number of rotatable bonds is 5. The Labute approximate surface area is 124 Å². The lowest BCUT2D eigenvalue weighted by Crippen LogP contribution is -2.15. The first kappa shape index (κ1) is 14.6. The number of hydrogen-bond donors (Lipinski definition) is 1. The highest BCUT2D eigenvalue weighted by Crippen LogP contribution is 2.30. The number of benzene rings is 1. The van der Waals surface area contributed by atoms with E-state index in [1.165, 1.54) is 18.4 Å². The van der Waals surface area contributed by atoms with E-state index in [4.69, 9.17) is 23.2 Å². The van der Waals surface area contributed by atoms with E-state index in [1.54, 1.807) is 6.07 Å². The van der Waals surface area contributed by atoms with Crippen LogP contribution in [0.15, 0.2) is 18.2 Å². The molecule has 0 amide bonds. The van der Waals surface area contributed by atoms with Gasteiger partial charge in [-0.15, -0.1) is 0 Å². The molecule has 0 atom stereocenters. The fraction of sp³-hybridized carbons (Fsp3) is 0.400. The number of pyridine rings is 1. The highest BCUT2D eigenvalue weighted by Gasteiger charge is 2.09. The Kier molecular flexibility index (Phi) is 5.03. The lowest BCUT2D eigenvalue weighted by molar-refractivity contribution is 0.643. The first-order valence-corrected chi connectivity index (χ1v) is 7.33. The zero-order valence-electron chi connectivity index (χ0n) is 11.3. The van der Waals surface area contributed by atoms with Crippen LogP contribution < -0.4 is 5.32 Å². The monoisotopic (exact) mass is 296 g/mol. The SMILES string of the molecule is CCCCNCc1cc(C)nc2cc(Cl)cc(Cl)c12. The molecule has 0 bridgehead atoms. The van der Waals surface area contributed by atoms with E-state index in [-0.39, 0.29) is 0 Å². The van der Waals surface area contributed by atoms with Crippen LogP contribution in [0.2, 0.25) is 10.0 Å². The average Bonchev–Trinajstić information content (AvgIpc) is 2.33. The molecule has 1 N–H and O–H groups in total. The van der Waals surface area contributed by atoms with Gasteiger partial charge in [0.1, 0.15) is 0 Å². The Morgan fingerprint density at radius 1 is 1.21 bits per heavy atom. The van der Waals surface area contributed by atoms with Crippen molar-refractivity contribution in [1.29, 1.82) is 0 Å². The van der Waals surface area contributed by atoms with Crippen LogP contribution in [0.1, 0.15) is 31.0 Å². The van der Waals surface area contributed by atoms with Crippen molar-refractivity contribution in [2.75, 3.05) is 6.54 Å². The van der Waals surface area contributed by atoms with E-state index in [0.29, 0.717) is 10.0 Å². The minimum absolute atomic E-state index is 0.625. The third-order valence-corrected chi connectivity index (χ3v) is 3.57. The van der Waals surface area contributed by atoms with Crippen molar-refractivity contribution in [1.82, 2.24) is 10.3 Å². The van der Waals surface area contributed by atoms with Gasteiger partial charge < -0.3 is 5.32 Å². The van der Waals surface area contributed by atoms with Crippen LogP contribution >= 0.6 is 23.2 Å². The smallest absolute Gasteiger partial charge is 0.0738 e. The molecule has 0 unspecified atom stereocenters. The van der Waals surface area contributed by atoms with E-state index >= 15 is 0 Å². The predicted octanol–water partition coefficient (Wildman–Crippen LogP) is 4.74. The first-order valence-electron chi connectivity index (χ1n) is 6.57. The van der Waals surface area contributed by atoms with Crippen molar-refractivity contribution in [3.63, 3.8) is 0 Å². The van der Waals surface area contributed by atoms with E-state index in [9.17, 15) is 0 Å². The quantitative estimate of drug-likeness (QED) is 0.806. The minimum Gasteiger partial charge on any atom is -0.313 e. The van der Waals surface area contributed by atoms with Crippen molar-refractivity contribution < 1.29 is 0 Å². The number of aromatic nitrogens is 1. The lowest BCUT2D eigenvalue weighted by Gasteiger charge is -2.11. The molecular weight excluding hydrogens is 279 g/mol. The standard InChI is InChI=1S/C15H18Cl2N2/c1-3-4-5-18-9-11-6-10(2)19-14-8-12(16)7-13(17)15(11)14/h6-8,18H,3-5,9H2,1-2H3. The molecule has 2 nitrogen and oxygen atoms in total. The summed E-state index contributed by atoms with van der Waals surface area (Å²) < 4.78 is 0. The lowest BCUT2D eigenvalue weighted by atomic mass is 10.1. The zero-order chi connectivity index (χ0) is 13.8. The first-order chi connectivity index (χ1) is 9.11. The summed E-state index contributed by atoms with van der Waals surface area (Å²) in [5.41, 5.74) is 3.03. The molecule has 0 saturated heterocycles. The van der Waals surface area contributed by atoms with Crippen LogP contribution in [0.3, 0.4) is 0 Å². The molecule has 1 aromatic carbocycles. The van der Waals surface area contributed by atoms with Crippen molar-refractivity contribution in [2.45, 2.75) is 33.2 Å². The van der Waals surface area contributed by atoms with Gasteiger partial charge in [-0.3, -0.25) is 4.98 Å². The number of hydrogen-bond acceptors (Lipinski definition) is 2. The van der Waals surface area contributed by atoms with Gasteiger partial charge in [0, 0.05) is 22.6 Å². The van der Waals surface area contributed by atoms with Gasteiger partial charge >= 0.3 is 0 Å². The molecule has 2 aromatic rings. The molecule has 2 rings (SSSR count). The maximum atomic E-state index is 6.31. The van der Waals surface area contributed by atoms with Gasteiger partial charge in [-0.05, 0) is 43.7 Å². The number of nitrogens with zero attached hydrogens (tertiary/aromatic N) is 1. The molecule has 0 aliphatic carbocycles. The number of halogens is 2. The molecule has 19 heavy (non-hydrogen) atoms. The Balaban J connectivity index is 2.36. The minimum atomic E-state index is 0.625. The molecular formula is C15H18Cl2N2. The van der Waals surface area contributed by atoms with Crippen LogP contribution in [0, 0.1) is 6.92 Å². The van der Waals surface area contributed by atoms with E-state index in [2.05, 4.69) is 23.3 Å². The topological polar surface area (TPSA) is 24.9 Å². The maximum absolute atomic E-state index is 6.31. The molecule has 0 spiro atoms. The number of nitrogens with one attached hydrogen (secondary N) is 1. The van der Waals surface area contributed by atoms with Crippen molar-refractivity contribution >= 4 is 34.1 Å². The van der Waals surface area contributed by atoms with Crippen molar-refractivity contribution in [3.8, 4) is 0 Å². The molecule has 1 aromatic heterocycles. The predicted molar refractivity (Wildman–Crippen MR) is 83.1 cm³/mol. The second-order valence-electron chi connectivity index (χ2n) is 4.73. The molecule has 102 valence electrons. The average molecular weight is 297 g/mol. The Hall–Kier alpha value is -0.830. The Bertz CT molecular complexity index is 577. The summed E-state index contributed by atoms with van der Waals surface area (Å²) in [5.74, 6) is 0. The number of unbranched alkanes of at least 4 members (excludes halogenated alkanes) is 1. The number of fused-ring (bicyclic) bond motifs is 1. The van der Waals surface area contributed by atoms with Gasteiger partial charge in [-0.1, -0.05) is 36.5 Å². The Morgan fingerprint density at radius 2 is 2.00 bits per heavy atom. The second-order valence-corrected chi connectivity index (χ2v) is 5.58. The van der Waals surface area contributed by atoms with Gasteiger partial charge in [-0.2, -0.15) is 0 Å². The molecule has 1 heterocycles. The van der Waals surface area contributed by atoms with Gasteiger partial charge in [0.25, 0.3) is 0 Å². The fourth-order valence-corrected chi connectivity index (χ4v) is 2.78. The summed E-state index contributed by atoms with van der Waals surface area (Å²) in [4.78, 5) is 4.51. The molecule has 0 fully saturated rings. The zero-order valence-corrected chi connectivity index (χ0v) is 12.8. The summed E-state index contributed by atoms with van der Waals surface area (Å²) in [6.07, 6.45) is 2.38. The molecule has 4 heteroatoms. The van der Waals surface area contributed by atoms with Crippen LogP contribution in [0.5, 0.6) is 0 Å². The largest absolute Gasteiger partial charge is 0.313 e. The molecule has 0 aliphatic heterocycles. The third kappa shape index (κ3) is 3.59.